The largest absolute Gasteiger partial charge is 0.380 e. The van der Waals surface area contributed by atoms with Gasteiger partial charge in [-0.1, -0.05) is 12.1 Å². The highest BCUT2D eigenvalue weighted by atomic mass is 16.5. The van der Waals surface area contributed by atoms with Gasteiger partial charge in [0.2, 0.25) is 0 Å². The smallest absolute Gasteiger partial charge is 0.251 e. The SMILES string of the molecule is CNCCCNC(=O)c1cccc(COC)c1. The Labute approximate surface area is 102 Å². The summed E-state index contributed by atoms with van der Waals surface area (Å²) in [5.41, 5.74) is 1.69. The zero-order valence-corrected chi connectivity index (χ0v) is 10.5. The van der Waals surface area contributed by atoms with Crippen LogP contribution in [0.25, 0.3) is 0 Å². The molecule has 17 heavy (non-hydrogen) atoms. The van der Waals surface area contributed by atoms with Gasteiger partial charge in [0.25, 0.3) is 5.91 Å². The number of carbonyl (C=O) groups excluding carboxylic acids is 1. The highest BCUT2D eigenvalue weighted by Gasteiger charge is 2.04. The number of rotatable bonds is 7. The van der Waals surface area contributed by atoms with Crippen LogP contribution >= 0.6 is 0 Å². The molecule has 0 aliphatic rings. The lowest BCUT2D eigenvalue weighted by atomic mass is 10.1. The number of amides is 1. The summed E-state index contributed by atoms with van der Waals surface area (Å²) in [5.74, 6) is -0.0287. The van der Waals surface area contributed by atoms with Gasteiger partial charge in [0.15, 0.2) is 0 Å². The third-order valence-corrected chi connectivity index (χ3v) is 2.39. The van der Waals surface area contributed by atoms with Crippen molar-refractivity contribution in [1.29, 1.82) is 0 Å². The van der Waals surface area contributed by atoms with E-state index in [1.807, 2.05) is 31.3 Å². The number of benzene rings is 1. The molecule has 2 N–H and O–H groups in total. The van der Waals surface area contributed by atoms with Crippen LogP contribution in [0.1, 0.15) is 22.3 Å². The first-order valence-electron chi connectivity index (χ1n) is 5.78. The van der Waals surface area contributed by atoms with Crippen molar-refractivity contribution in [2.75, 3.05) is 27.2 Å². The molecule has 0 atom stereocenters. The topological polar surface area (TPSA) is 50.4 Å². The first-order chi connectivity index (χ1) is 8.27. The summed E-state index contributed by atoms with van der Waals surface area (Å²) >= 11 is 0. The number of hydrogen-bond donors (Lipinski definition) is 2. The summed E-state index contributed by atoms with van der Waals surface area (Å²) in [5, 5.41) is 5.92. The van der Waals surface area contributed by atoms with E-state index < -0.39 is 0 Å². The molecule has 0 fully saturated rings. The van der Waals surface area contributed by atoms with Crippen LogP contribution in [0.3, 0.4) is 0 Å². The van der Waals surface area contributed by atoms with Gasteiger partial charge in [0.1, 0.15) is 0 Å². The van der Waals surface area contributed by atoms with E-state index in [-0.39, 0.29) is 5.91 Å². The van der Waals surface area contributed by atoms with Crippen molar-refractivity contribution >= 4 is 5.91 Å². The third-order valence-electron chi connectivity index (χ3n) is 2.39. The molecule has 0 bridgehead atoms. The fraction of sp³-hybridized carbons (Fsp3) is 0.462. The van der Waals surface area contributed by atoms with Gasteiger partial charge < -0.3 is 15.4 Å². The number of carbonyl (C=O) groups is 1. The minimum atomic E-state index is -0.0287. The Bertz CT molecular complexity index is 353. The first kappa shape index (κ1) is 13.7. The molecule has 1 amide bonds. The first-order valence-corrected chi connectivity index (χ1v) is 5.78. The number of hydrogen-bond acceptors (Lipinski definition) is 3. The Hall–Kier alpha value is -1.39. The monoisotopic (exact) mass is 236 g/mol. The zero-order chi connectivity index (χ0) is 12.5. The highest BCUT2D eigenvalue weighted by Crippen LogP contribution is 2.06. The van der Waals surface area contributed by atoms with Crippen molar-refractivity contribution in [2.24, 2.45) is 0 Å². The van der Waals surface area contributed by atoms with E-state index in [2.05, 4.69) is 10.6 Å². The summed E-state index contributed by atoms with van der Waals surface area (Å²) in [7, 11) is 3.54. The molecule has 0 aromatic heterocycles. The molecule has 0 spiro atoms. The van der Waals surface area contributed by atoms with E-state index in [4.69, 9.17) is 4.74 Å². The average molecular weight is 236 g/mol. The molecule has 1 aromatic rings. The van der Waals surface area contributed by atoms with Crippen molar-refractivity contribution in [1.82, 2.24) is 10.6 Å². The second-order valence-corrected chi connectivity index (χ2v) is 3.85. The highest BCUT2D eigenvalue weighted by molar-refractivity contribution is 5.94. The van der Waals surface area contributed by atoms with Crippen LogP contribution in [0.4, 0.5) is 0 Å². The fourth-order valence-electron chi connectivity index (χ4n) is 1.54. The molecule has 94 valence electrons. The van der Waals surface area contributed by atoms with E-state index in [1.165, 1.54) is 0 Å². The quantitative estimate of drug-likeness (QED) is 0.699. The van der Waals surface area contributed by atoms with Crippen LogP contribution in [0, 0.1) is 0 Å². The Morgan fingerprint density at radius 3 is 2.88 bits per heavy atom. The summed E-state index contributed by atoms with van der Waals surface area (Å²) in [4.78, 5) is 11.8. The molecule has 0 aliphatic heterocycles. The Morgan fingerprint density at radius 2 is 2.18 bits per heavy atom. The number of methoxy groups -OCH3 is 1. The Morgan fingerprint density at radius 1 is 1.35 bits per heavy atom. The average Bonchev–Trinajstić information content (AvgIpc) is 2.35. The van der Waals surface area contributed by atoms with Crippen LogP contribution in [-0.4, -0.2) is 33.2 Å². The van der Waals surface area contributed by atoms with Crippen molar-refractivity contribution in [2.45, 2.75) is 13.0 Å². The maximum absolute atomic E-state index is 11.8. The van der Waals surface area contributed by atoms with Crippen molar-refractivity contribution in [3.63, 3.8) is 0 Å². The summed E-state index contributed by atoms with van der Waals surface area (Å²) in [6.45, 7) is 2.12. The summed E-state index contributed by atoms with van der Waals surface area (Å²) < 4.78 is 5.04. The zero-order valence-electron chi connectivity index (χ0n) is 10.5. The van der Waals surface area contributed by atoms with Crippen molar-refractivity contribution < 1.29 is 9.53 Å². The molecular weight excluding hydrogens is 216 g/mol. The predicted octanol–water partition coefficient (Wildman–Crippen LogP) is 1.17. The molecule has 1 rings (SSSR count). The van der Waals surface area contributed by atoms with Gasteiger partial charge in [-0.2, -0.15) is 0 Å². The van der Waals surface area contributed by atoms with Gasteiger partial charge >= 0.3 is 0 Å². The van der Waals surface area contributed by atoms with Gasteiger partial charge in [0, 0.05) is 19.2 Å². The van der Waals surface area contributed by atoms with Crippen LogP contribution in [0.2, 0.25) is 0 Å². The molecule has 0 radical (unpaired) electrons. The molecule has 4 nitrogen and oxygen atoms in total. The number of ether oxygens (including phenoxy) is 1. The second kappa shape index (κ2) is 7.81. The predicted molar refractivity (Wildman–Crippen MR) is 68.0 cm³/mol. The Balaban J connectivity index is 2.47. The van der Waals surface area contributed by atoms with Gasteiger partial charge in [-0.25, -0.2) is 0 Å². The molecule has 0 saturated carbocycles. The van der Waals surface area contributed by atoms with E-state index in [0.29, 0.717) is 18.7 Å². The molecule has 4 heteroatoms. The lowest BCUT2D eigenvalue weighted by Crippen LogP contribution is -2.26. The van der Waals surface area contributed by atoms with Gasteiger partial charge in [0.05, 0.1) is 6.61 Å². The lowest BCUT2D eigenvalue weighted by molar-refractivity contribution is 0.0953. The molecule has 0 heterocycles. The van der Waals surface area contributed by atoms with Crippen LogP contribution in [-0.2, 0) is 11.3 Å². The van der Waals surface area contributed by atoms with E-state index >= 15 is 0 Å². The maximum Gasteiger partial charge on any atom is 0.251 e. The lowest BCUT2D eigenvalue weighted by Gasteiger charge is -2.06. The van der Waals surface area contributed by atoms with E-state index in [9.17, 15) is 4.79 Å². The summed E-state index contributed by atoms with van der Waals surface area (Å²) in [6, 6.07) is 7.49. The molecule has 1 aromatic carbocycles. The molecule has 0 saturated heterocycles. The van der Waals surface area contributed by atoms with Gasteiger partial charge in [-0.05, 0) is 37.7 Å². The van der Waals surface area contributed by atoms with Crippen molar-refractivity contribution in [3.05, 3.63) is 35.4 Å². The van der Waals surface area contributed by atoms with E-state index in [1.54, 1.807) is 7.11 Å². The van der Waals surface area contributed by atoms with Crippen LogP contribution in [0.5, 0.6) is 0 Å². The third kappa shape index (κ3) is 4.97. The van der Waals surface area contributed by atoms with Gasteiger partial charge in [-0.15, -0.1) is 0 Å². The minimum absolute atomic E-state index is 0.0287. The van der Waals surface area contributed by atoms with Gasteiger partial charge in [-0.3, -0.25) is 4.79 Å². The Kier molecular flexibility index (Phi) is 6.29. The fourth-order valence-corrected chi connectivity index (χ4v) is 1.54. The summed E-state index contributed by atoms with van der Waals surface area (Å²) in [6.07, 6.45) is 0.931. The normalized spacial score (nSPS) is 10.2. The van der Waals surface area contributed by atoms with Crippen LogP contribution < -0.4 is 10.6 Å². The standard InChI is InChI=1S/C13H20N2O2/c1-14-7-4-8-15-13(16)12-6-3-5-11(9-12)10-17-2/h3,5-6,9,14H,4,7-8,10H2,1-2H3,(H,15,16). The minimum Gasteiger partial charge on any atom is -0.380 e. The van der Waals surface area contributed by atoms with E-state index in [0.717, 1.165) is 18.5 Å². The number of nitrogens with one attached hydrogen (secondary N) is 2. The molecular formula is C13H20N2O2. The molecule has 0 aliphatic carbocycles. The van der Waals surface area contributed by atoms with Crippen LogP contribution in [0.15, 0.2) is 24.3 Å². The molecule has 0 unspecified atom stereocenters. The second-order valence-electron chi connectivity index (χ2n) is 3.85. The maximum atomic E-state index is 11.8. The van der Waals surface area contributed by atoms with Crippen molar-refractivity contribution in [3.8, 4) is 0 Å².